The largest absolute Gasteiger partial charge is 0.390 e. The number of hydrogen-bond donors (Lipinski definition) is 1. The Bertz CT molecular complexity index is 134. The van der Waals surface area contributed by atoms with Gasteiger partial charge in [-0.15, -0.1) is 0 Å². The van der Waals surface area contributed by atoms with E-state index >= 15 is 0 Å². The van der Waals surface area contributed by atoms with Gasteiger partial charge < -0.3 is 5.73 Å². The Morgan fingerprint density at radius 3 is 2.50 bits per heavy atom. The first kappa shape index (κ1) is 9.21. The summed E-state index contributed by atoms with van der Waals surface area (Å²) in [6, 6.07) is 0. The van der Waals surface area contributed by atoms with E-state index in [0.29, 0.717) is 5.92 Å². The topological polar surface area (TPSA) is 38.4 Å². The summed E-state index contributed by atoms with van der Waals surface area (Å²) in [5, 5.41) is 0. The van der Waals surface area contributed by atoms with Gasteiger partial charge in [-0.3, -0.25) is 0 Å². The summed E-state index contributed by atoms with van der Waals surface area (Å²) in [4.78, 5) is 3.85. The highest BCUT2D eigenvalue weighted by atomic mass is 14.8. The van der Waals surface area contributed by atoms with E-state index in [0.717, 1.165) is 6.42 Å². The number of nitrogens with two attached hydrogens (primary N) is 1. The van der Waals surface area contributed by atoms with Crippen LogP contribution in [0.4, 0.5) is 0 Å². The molecule has 0 aliphatic rings. The van der Waals surface area contributed by atoms with Gasteiger partial charge in [0, 0.05) is 6.20 Å². The van der Waals surface area contributed by atoms with Crippen LogP contribution in [0, 0.1) is 5.92 Å². The van der Waals surface area contributed by atoms with Crippen molar-refractivity contribution < 1.29 is 0 Å². The maximum absolute atomic E-state index is 5.10. The molecular formula is C8H16N2. The smallest absolute Gasteiger partial charge is 0.0852 e. The third kappa shape index (κ3) is 3.28. The average Bonchev–Trinajstić information content (AvgIpc) is 1.89. The first-order chi connectivity index (χ1) is 4.72. The fourth-order valence-electron chi connectivity index (χ4n) is 0.787. The van der Waals surface area contributed by atoms with Crippen molar-refractivity contribution in [3.8, 4) is 0 Å². The van der Waals surface area contributed by atoms with Gasteiger partial charge >= 0.3 is 0 Å². The van der Waals surface area contributed by atoms with Crippen LogP contribution in [0.3, 0.4) is 0 Å². The monoisotopic (exact) mass is 140 g/mol. The van der Waals surface area contributed by atoms with E-state index in [1.165, 1.54) is 11.9 Å². The van der Waals surface area contributed by atoms with Crippen LogP contribution >= 0.6 is 0 Å². The third-order valence-corrected chi connectivity index (χ3v) is 1.48. The van der Waals surface area contributed by atoms with E-state index in [1.807, 2.05) is 6.20 Å². The minimum Gasteiger partial charge on any atom is -0.390 e. The number of nitrogens with zero attached hydrogens (tertiary/aromatic N) is 1. The summed E-state index contributed by atoms with van der Waals surface area (Å²) in [7, 11) is 0. The van der Waals surface area contributed by atoms with Crippen LogP contribution in [0.25, 0.3) is 0 Å². The van der Waals surface area contributed by atoms with Crippen LogP contribution in [0.2, 0.25) is 0 Å². The molecule has 10 heavy (non-hydrogen) atoms. The molecule has 0 amide bonds. The molecule has 0 aliphatic heterocycles. The molecule has 2 heteroatoms. The van der Waals surface area contributed by atoms with Crippen molar-refractivity contribution in [1.29, 1.82) is 0 Å². The number of rotatable bonds is 3. The Balaban J connectivity index is 4.04. The van der Waals surface area contributed by atoms with Gasteiger partial charge in [-0.05, 0) is 17.9 Å². The summed E-state index contributed by atoms with van der Waals surface area (Å²) in [5.41, 5.74) is 6.43. The van der Waals surface area contributed by atoms with Crippen molar-refractivity contribution in [3.05, 3.63) is 11.8 Å². The maximum atomic E-state index is 5.10. The summed E-state index contributed by atoms with van der Waals surface area (Å²) in [5.74, 6) is 0.577. The lowest BCUT2D eigenvalue weighted by atomic mass is 10.0. The molecule has 0 saturated heterocycles. The van der Waals surface area contributed by atoms with Crippen LogP contribution in [0.5, 0.6) is 0 Å². The summed E-state index contributed by atoms with van der Waals surface area (Å²) in [6.07, 6.45) is 4.21. The zero-order valence-electron chi connectivity index (χ0n) is 6.96. The zero-order chi connectivity index (χ0) is 7.98. The van der Waals surface area contributed by atoms with Crippen LogP contribution in [-0.2, 0) is 0 Å². The Morgan fingerprint density at radius 1 is 1.60 bits per heavy atom. The van der Waals surface area contributed by atoms with Gasteiger partial charge in [-0.25, -0.2) is 4.99 Å². The fourth-order valence-corrected chi connectivity index (χ4v) is 0.787. The van der Waals surface area contributed by atoms with Crippen LogP contribution in [-0.4, -0.2) is 6.34 Å². The van der Waals surface area contributed by atoms with Crippen LogP contribution < -0.4 is 5.73 Å². The fraction of sp³-hybridized carbons (Fsp3) is 0.625. The van der Waals surface area contributed by atoms with E-state index < -0.39 is 0 Å². The molecule has 0 aromatic carbocycles. The van der Waals surface area contributed by atoms with Crippen molar-refractivity contribution in [2.45, 2.75) is 27.2 Å². The molecule has 0 aliphatic carbocycles. The molecule has 0 spiro atoms. The Labute approximate surface area is 62.8 Å². The SMILES string of the molecule is CC/C(=C\N=C/N)C(C)C. The lowest BCUT2D eigenvalue weighted by molar-refractivity contribution is 0.729. The highest BCUT2D eigenvalue weighted by molar-refractivity contribution is 5.52. The quantitative estimate of drug-likeness (QED) is 0.472. The molecule has 0 unspecified atom stereocenters. The molecule has 0 fully saturated rings. The predicted molar refractivity (Wildman–Crippen MR) is 45.9 cm³/mol. The van der Waals surface area contributed by atoms with E-state index in [4.69, 9.17) is 5.73 Å². The van der Waals surface area contributed by atoms with Gasteiger partial charge in [-0.1, -0.05) is 20.8 Å². The second kappa shape index (κ2) is 5.03. The first-order valence-electron chi connectivity index (χ1n) is 3.64. The van der Waals surface area contributed by atoms with Crippen molar-refractivity contribution in [2.24, 2.45) is 16.6 Å². The van der Waals surface area contributed by atoms with Gasteiger partial charge in [0.15, 0.2) is 0 Å². The van der Waals surface area contributed by atoms with Gasteiger partial charge in [0.2, 0.25) is 0 Å². The van der Waals surface area contributed by atoms with Crippen LogP contribution in [0.15, 0.2) is 16.8 Å². The lowest BCUT2D eigenvalue weighted by Crippen LogP contribution is -1.92. The number of aliphatic imine (C=N–C) groups is 1. The molecule has 0 saturated carbocycles. The Hall–Kier alpha value is -0.790. The first-order valence-corrected chi connectivity index (χ1v) is 3.64. The average molecular weight is 140 g/mol. The summed E-state index contributed by atoms with van der Waals surface area (Å²) >= 11 is 0. The second-order valence-corrected chi connectivity index (χ2v) is 2.51. The minimum absolute atomic E-state index is 0.577. The standard InChI is InChI=1S/C8H16N2/c1-4-8(7(2)3)5-10-6-9/h5-7H,4H2,1-3H3,(H2,9,10)/b8-5+. The molecule has 0 radical (unpaired) electrons. The molecule has 0 rings (SSSR count). The summed E-state index contributed by atoms with van der Waals surface area (Å²) < 4.78 is 0. The molecule has 0 heterocycles. The van der Waals surface area contributed by atoms with Crippen molar-refractivity contribution in [3.63, 3.8) is 0 Å². The Morgan fingerprint density at radius 2 is 2.20 bits per heavy atom. The van der Waals surface area contributed by atoms with Crippen molar-refractivity contribution in [2.75, 3.05) is 0 Å². The van der Waals surface area contributed by atoms with Gasteiger partial charge in [-0.2, -0.15) is 0 Å². The molecular weight excluding hydrogens is 124 g/mol. The second-order valence-electron chi connectivity index (χ2n) is 2.51. The zero-order valence-corrected chi connectivity index (χ0v) is 6.96. The van der Waals surface area contributed by atoms with Gasteiger partial charge in [0.05, 0.1) is 6.34 Å². The third-order valence-electron chi connectivity index (χ3n) is 1.48. The van der Waals surface area contributed by atoms with E-state index in [1.54, 1.807) is 0 Å². The highest BCUT2D eigenvalue weighted by Gasteiger charge is 1.97. The van der Waals surface area contributed by atoms with Crippen molar-refractivity contribution in [1.82, 2.24) is 0 Å². The molecule has 2 N–H and O–H groups in total. The Kier molecular flexibility index (Phi) is 4.63. The van der Waals surface area contributed by atoms with Gasteiger partial charge in [0.1, 0.15) is 0 Å². The lowest BCUT2D eigenvalue weighted by Gasteiger charge is -2.05. The van der Waals surface area contributed by atoms with Gasteiger partial charge in [0.25, 0.3) is 0 Å². The normalized spacial score (nSPS) is 13.4. The molecule has 0 bridgehead atoms. The number of hydrogen-bond acceptors (Lipinski definition) is 1. The van der Waals surface area contributed by atoms with E-state index in [9.17, 15) is 0 Å². The molecule has 0 atom stereocenters. The number of allylic oxidation sites excluding steroid dienone is 1. The minimum atomic E-state index is 0.577. The van der Waals surface area contributed by atoms with Crippen molar-refractivity contribution >= 4 is 6.34 Å². The molecule has 0 aromatic rings. The molecule has 0 aromatic heterocycles. The highest BCUT2D eigenvalue weighted by Crippen LogP contribution is 2.12. The van der Waals surface area contributed by atoms with Crippen LogP contribution in [0.1, 0.15) is 27.2 Å². The molecule has 58 valence electrons. The predicted octanol–water partition coefficient (Wildman–Crippen LogP) is 1.92. The molecule has 2 nitrogen and oxygen atoms in total. The summed E-state index contributed by atoms with van der Waals surface area (Å²) in [6.45, 7) is 6.43. The van der Waals surface area contributed by atoms with E-state index in [-0.39, 0.29) is 0 Å². The van der Waals surface area contributed by atoms with E-state index in [2.05, 4.69) is 25.8 Å². The maximum Gasteiger partial charge on any atom is 0.0852 e.